The minimum absolute atomic E-state index is 0.00966. The number of hydrogen-bond acceptors (Lipinski definition) is 7. The smallest absolute Gasteiger partial charge is 0.251 e. The second-order valence-electron chi connectivity index (χ2n) is 8.35. The van der Waals surface area contributed by atoms with Crippen LogP contribution in [0.25, 0.3) is 11.0 Å². The first kappa shape index (κ1) is 20.8. The van der Waals surface area contributed by atoms with Gasteiger partial charge in [-0.25, -0.2) is 0 Å². The standard InChI is InChI=1S/C22H24ClN5O2S/c23-16-9-26-17-1-2-20(30)28-12-13(21(16)22(17)28)11-27-5-3-14(4-6-27)24-8-15-7-19(31)18(29)10-25-15/h1-2,7,9-10,13-14,24,29H,3-6,8,11-12H2,(H,25,31). The molecule has 0 aromatic carbocycles. The third-order valence-electron chi connectivity index (χ3n) is 6.36. The molecule has 0 spiro atoms. The minimum Gasteiger partial charge on any atom is -0.505 e. The van der Waals surface area contributed by atoms with Gasteiger partial charge >= 0.3 is 0 Å². The van der Waals surface area contributed by atoms with Crippen molar-refractivity contribution in [1.29, 1.82) is 0 Å². The summed E-state index contributed by atoms with van der Waals surface area (Å²) in [6.07, 6.45) is 5.24. The van der Waals surface area contributed by atoms with Crippen molar-refractivity contribution in [1.82, 2.24) is 24.8 Å². The number of nitrogens with one attached hydrogen (secondary N) is 1. The van der Waals surface area contributed by atoms with Crippen LogP contribution in [0.5, 0.6) is 5.75 Å². The van der Waals surface area contributed by atoms with Crippen LogP contribution >= 0.6 is 24.2 Å². The molecule has 1 fully saturated rings. The Bertz CT molecular complexity index is 1190. The number of nitrogens with zero attached hydrogens (tertiary/aromatic N) is 4. The number of pyridine rings is 3. The molecule has 3 aromatic heterocycles. The van der Waals surface area contributed by atoms with Crippen LogP contribution in [-0.2, 0) is 13.1 Å². The van der Waals surface area contributed by atoms with E-state index in [2.05, 4.69) is 32.8 Å². The van der Waals surface area contributed by atoms with E-state index in [4.69, 9.17) is 11.6 Å². The van der Waals surface area contributed by atoms with Crippen molar-refractivity contribution in [3.05, 3.63) is 57.2 Å². The Kier molecular flexibility index (Phi) is 5.64. The van der Waals surface area contributed by atoms with Crippen LogP contribution in [0.4, 0.5) is 0 Å². The zero-order valence-corrected chi connectivity index (χ0v) is 18.6. The predicted molar refractivity (Wildman–Crippen MR) is 123 cm³/mol. The highest BCUT2D eigenvalue weighted by atomic mass is 35.5. The molecule has 5 heterocycles. The van der Waals surface area contributed by atoms with Gasteiger partial charge < -0.3 is 19.9 Å². The van der Waals surface area contributed by atoms with Crippen LogP contribution in [0.2, 0.25) is 5.02 Å². The van der Waals surface area contributed by atoms with Gasteiger partial charge in [-0.1, -0.05) is 11.6 Å². The Morgan fingerprint density at radius 2 is 2.03 bits per heavy atom. The first-order valence-corrected chi connectivity index (χ1v) is 11.3. The maximum Gasteiger partial charge on any atom is 0.251 e. The molecular weight excluding hydrogens is 434 g/mol. The van der Waals surface area contributed by atoms with Crippen molar-refractivity contribution < 1.29 is 5.11 Å². The molecule has 31 heavy (non-hydrogen) atoms. The van der Waals surface area contributed by atoms with E-state index in [1.807, 2.05) is 4.57 Å². The molecule has 3 aromatic rings. The molecule has 1 atom stereocenters. The highest BCUT2D eigenvalue weighted by Crippen LogP contribution is 2.37. The number of rotatable bonds is 5. The van der Waals surface area contributed by atoms with Gasteiger partial charge in [-0.2, -0.15) is 0 Å². The van der Waals surface area contributed by atoms with Gasteiger partial charge in [0, 0.05) is 54.3 Å². The van der Waals surface area contributed by atoms with E-state index in [0.29, 0.717) is 29.0 Å². The van der Waals surface area contributed by atoms with E-state index in [1.165, 1.54) is 6.20 Å². The quantitative estimate of drug-likeness (QED) is 0.511. The number of halogens is 1. The SMILES string of the molecule is O=c1ccc2ncc(Cl)c3c2n1CC3CN1CCC(NCc2cc(S)c(O)cn2)CC1. The molecular formula is C22H24ClN5O2S. The fourth-order valence-corrected chi connectivity index (χ4v) is 5.25. The van der Waals surface area contributed by atoms with Gasteiger partial charge in [-0.05, 0) is 38.1 Å². The first-order chi connectivity index (χ1) is 15.0. The molecule has 5 rings (SSSR count). The van der Waals surface area contributed by atoms with E-state index in [-0.39, 0.29) is 17.2 Å². The maximum atomic E-state index is 12.4. The normalized spacial score (nSPS) is 19.4. The van der Waals surface area contributed by atoms with E-state index >= 15 is 0 Å². The highest BCUT2D eigenvalue weighted by molar-refractivity contribution is 7.80. The lowest BCUT2D eigenvalue weighted by molar-refractivity contribution is 0.184. The summed E-state index contributed by atoms with van der Waals surface area (Å²) in [5, 5.41) is 13.8. The molecule has 0 amide bonds. The van der Waals surface area contributed by atoms with Crippen LogP contribution in [-0.4, -0.2) is 50.2 Å². The van der Waals surface area contributed by atoms with Gasteiger partial charge in [-0.15, -0.1) is 12.6 Å². The monoisotopic (exact) mass is 457 g/mol. The van der Waals surface area contributed by atoms with Crippen molar-refractivity contribution in [2.45, 2.75) is 42.8 Å². The van der Waals surface area contributed by atoms with Gasteiger partial charge in [0.25, 0.3) is 5.56 Å². The summed E-state index contributed by atoms with van der Waals surface area (Å²) in [5.74, 6) is 0.302. The molecule has 162 valence electrons. The molecule has 2 aliphatic heterocycles. The topological polar surface area (TPSA) is 83.3 Å². The van der Waals surface area contributed by atoms with Crippen molar-refractivity contribution in [2.24, 2.45) is 0 Å². The third kappa shape index (κ3) is 4.05. The molecule has 2 N–H and O–H groups in total. The zero-order valence-electron chi connectivity index (χ0n) is 17.0. The Balaban J connectivity index is 1.20. The number of hydrogen-bond donors (Lipinski definition) is 3. The maximum absolute atomic E-state index is 12.4. The number of aromatic nitrogens is 3. The summed E-state index contributed by atoms with van der Waals surface area (Å²) in [4.78, 5) is 24.0. The molecule has 0 saturated carbocycles. The minimum atomic E-state index is 0.00966. The third-order valence-corrected chi connectivity index (χ3v) is 7.02. The fraction of sp³-hybridized carbons (Fsp3) is 0.409. The van der Waals surface area contributed by atoms with Crippen LogP contribution in [0.3, 0.4) is 0 Å². The fourth-order valence-electron chi connectivity index (χ4n) is 4.75. The Hall–Kier alpha value is -2.13. The predicted octanol–water partition coefficient (Wildman–Crippen LogP) is 2.79. The van der Waals surface area contributed by atoms with Crippen LogP contribution < -0.4 is 10.9 Å². The van der Waals surface area contributed by atoms with Gasteiger partial charge in [0.15, 0.2) is 0 Å². The van der Waals surface area contributed by atoms with Crippen LogP contribution in [0, 0.1) is 0 Å². The molecule has 0 bridgehead atoms. The largest absolute Gasteiger partial charge is 0.505 e. The van der Waals surface area contributed by atoms with Gasteiger partial charge in [0.2, 0.25) is 0 Å². The first-order valence-electron chi connectivity index (χ1n) is 10.5. The molecule has 2 aliphatic rings. The second kappa shape index (κ2) is 8.43. The Morgan fingerprint density at radius 1 is 1.23 bits per heavy atom. The van der Waals surface area contributed by atoms with Gasteiger partial charge in [-0.3, -0.25) is 14.8 Å². The van der Waals surface area contributed by atoms with Crippen LogP contribution in [0.15, 0.2) is 40.3 Å². The second-order valence-corrected chi connectivity index (χ2v) is 9.24. The molecule has 1 saturated heterocycles. The summed E-state index contributed by atoms with van der Waals surface area (Å²) in [7, 11) is 0. The molecule has 1 unspecified atom stereocenters. The molecule has 9 heteroatoms. The Morgan fingerprint density at radius 3 is 2.81 bits per heavy atom. The van der Waals surface area contributed by atoms with Gasteiger partial charge in [0.05, 0.1) is 27.9 Å². The summed E-state index contributed by atoms with van der Waals surface area (Å²) in [5.41, 5.74) is 3.67. The number of thiol groups is 1. The van der Waals surface area contributed by atoms with Gasteiger partial charge in [0.1, 0.15) is 5.75 Å². The lowest BCUT2D eigenvalue weighted by atomic mass is 9.98. The molecule has 7 nitrogen and oxygen atoms in total. The van der Waals surface area contributed by atoms with Crippen LogP contribution in [0.1, 0.15) is 30.0 Å². The van der Waals surface area contributed by atoms with Crippen molar-refractivity contribution in [3.8, 4) is 5.75 Å². The van der Waals surface area contributed by atoms with E-state index in [0.717, 1.165) is 54.8 Å². The number of aromatic hydroxyl groups is 1. The molecule has 0 radical (unpaired) electrons. The number of likely N-dealkylation sites (tertiary alicyclic amines) is 1. The zero-order chi connectivity index (χ0) is 21.5. The average Bonchev–Trinajstić information content (AvgIpc) is 3.15. The highest BCUT2D eigenvalue weighted by Gasteiger charge is 2.31. The van der Waals surface area contributed by atoms with Crippen molar-refractivity contribution in [2.75, 3.05) is 19.6 Å². The summed E-state index contributed by atoms with van der Waals surface area (Å²) >= 11 is 10.8. The van der Waals surface area contributed by atoms with Crippen molar-refractivity contribution >= 4 is 35.3 Å². The van der Waals surface area contributed by atoms with E-state index in [9.17, 15) is 9.90 Å². The average molecular weight is 458 g/mol. The summed E-state index contributed by atoms with van der Waals surface area (Å²) < 4.78 is 1.82. The lowest BCUT2D eigenvalue weighted by Gasteiger charge is -2.34. The Labute approximate surface area is 190 Å². The summed E-state index contributed by atoms with van der Waals surface area (Å²) in [6.45, 7) is 4.19. The molecule has 0 aliphatic carbocycles. The van der Waals surface area contributed by atoms with Crippen molar-refractivity contribution in [3.63, 3.8) is 0 Å². The number of piperidine rings is 1. The van der Waals surface area contributed by atoms with E-state index < -0.39 is 0 Å². The van der Waals surface area contributed by atoms with E-state index in [1.54, 1.807) is 24.4 Å². The summed E-state index contributed by atoms with van der Waals surface area (Å²) in [6, 6.07) is 5.59. The lowest BCUT2D eigenvalue weighted by Crippen LogP contribution is -2.43.